The quantitative estimate of drug-likeness (QED) is 0.377. The lowest BCUT2D eigenvalue weighted by Crippen LogP contribution is -2.34. The van der Waals surface area contributed by atoms with Gasteiger partial charge < -0.3 is 14.2 Å². The summed E-state index contributed by atoms with van der Waals surface area (Å²) >= 11 is 0. The van der Waals surface area contributed by atoms with E-state index in [1.54, 1.807) is 19.1 Å². The van der Waals surface area contributed by atoms with Gasteiger partial charge in [-0.05, 0) is 112 Å². The summed E-state index contributed by atoms with van der Waals surface area (Å²) in [4.78, 5) is 0. The summed E-state index contributed by atoms with van der Waals surface area (Å²) < 4.78 is 46.3. The molecule has 0 bridgehead atoms. The molecule has 33 heavy (non-hydrogen) atoms. The first-order valence-electron chi connectivity index (χ1n) is 13.0. The molecule has 0 radical (unpaired) electrons. The van der Waals surface area contributed by atoms with Crippen molar-refractivity contribution in [2.75, 3.05) is 19.8 Å². The molecule has 1 saturated heterocycles. The van der Waals surface area contributed by atoms with Crippen LogP contribution in [-0.2, 0) is 9.47 Å². The molecule has 5 heteroatoms. The van der Waals surface area contributed by atoms with Crippen LogP contribution >= 0.6 is 0 Å². The average molecular weight is 463 g/mol. The van der Waals surface area contributed by atoms with Crippen molar-refractivity contribution in [3.05, 3.63) is 42.0 Å². The van der Waals surface area contributed by atoms with Gasteiger partial charge in [-0.25, -0.2) is 4.39 Å². The molecule has 2 unspecified atom stereocenters. The molecule has 1 aromatic carbocycles. The highest BCUT2D eigenvalue weighted by molar-refractivity contribution is 5.33. The van der Waals surface area contributed by atoms with E-state index in [9.17, 15) is 8.78 Å². The average Bonchev–Trinajstić information content (AvgIpc) is 2.87. The molecule has 3 aliphatic rings. The van der Waals surface area contributed by atoms with Crippen LogP contribution in [0, 0.1) is 35.3 Å². The van der Waals surface area contributed by atoms with Crippen molar-refractivity contribution >= 4 is 0 Å². The molecular formula is C28H40F2O3. The van der Waals surface area contributed by atoms with Crippen molar-refractivity contribution in [2.45, 2.75) is 83.3 Å². The molecule has 2 saturated carbocycles. The van der Waals surface area contributed by atoms with Gasteiger partial charge in [0.15, 0.2) is 17.9 Å². The topological polar surface area (TPSA) is 27.7 Å². The Morgan fingerprint density at radius 3 is 2.30 bits per heavy atom. The van der Waals surface area contributed by atoms with Crippen molar-refractivity contribution in [1.82, 2.24) is 0 Å². The Labute approximate surface area is 197 Å². The Kier molecular flexibility index (Phi) is 8.81. The SMILES string of the molecule is C=CC1CCC(COC2CCC(C3CCC(c4ccc(OCC)c(F)c4F)CC3)CO2)CC1. The van der Waals surface area contributed by atoms with Gasteiger partial charge in [0.05, 0.1) is 19.8 Å². The van der Waals surface area contributed by atoms with E-state index in [0.717, 1.165) is 51.7 Å². The van der Waals surface area contributed by atoms with Crippen molar-refractivity contribution < 1.29 is 23.0 Å². The van der Waals surface area contributed by atoms with Crippen LogP contribution in [0.5, 0.6) is 5.75 Å². The monoisotopic (exact) mass is 462 g/mol. The molecule has 0 aromatic heterocycles. The van der Waals surface area contributed by atoms with Crippen LogP contribution in [0.4, 0.5) is 8.78 Å². The summed E-state index contributed by atoms with van der Waals surface area (Å²) in [6.45, 7) is 7.59. The third-order valence-corrected chi connectivity index (χ3v) is 8.27. The lowest BCUT2D eigenvalue weighted by molar-refractivity contribution is -0.188. The van der Waals surface area contributed by atoms with Gasteiger partial charge in [-0.15, -0.1) is 6.58 Å². The predicted octanol–water partition coefficient (Wildman–Crippen LogP) is 7.40. The van der Waals surface area contributed by atoms with Crippen molar-refractivity contribution in [1.29, 1.82) is 0 Å². The summed E-state index contributed by atoms with van der Waals surface area (Å²) in [5.41, 5.74) is 0.505. The highest BCUT2D eigenvalue weighted by atomic mass is 19.2. The number of ether oxygens (including phenoxy) is 3. The van der Waals surface area contributed by atoms with E-state index in [4.69, 9.17) is 14.2 Å². The lowest BCUT2D eigenvalue weighted by atomic mass is 9.72. The number of halogens is 2. The van der Waals surface area contributed by atoms with E-state index in [2.05, 4.69) is 12.7 Å². The largest absolute Gasteiger partial charge is 0.491 e. The lowest BCUT2D eigenvalue weighted by Gasteiger charge is -2.38. The molecule has 1 heterocycles. The van der Waals surface area contributed by atoms with Gasteiger partial charge in [0.25, 0.3) is 0 Å². The van der Waals surface area contributed by atoms with Crippen LogP contribution in [0.2, 0.25) is 0 Å². The molecule has 2 atom stereocenters. The molecular weight excluding hydrogens is 422 g/mol. The first-order valence-corrected chi connectivity index (χ1v) is 13.0. The Morgan fingerprint density at radius 2 is 1.67 bits per heavy atom. The minimum atomic E-state index is -0.850. The number of rotatable bonds is 8. The molecule has 0 spiro atoms. The van der Waals surface area contributed by atoms with E-state index in [0.29, 0.717) is 35.8 Å². The summed E-state index contributed by atoms with van der Waals surface area (Å²) in [5, 5.41) is 0. The summed E-state index contributed by atoms with van der Waals surface area (Å²) in [7, 11) is 0. The molecule has 184 valence electrons. The number of hydrogen-bond acceptors (Lipinski definition) is 3. The van der Waals surface area contributed by atoms with Gasteiger partial charge in [0.1, 0.15) is 0 Å². The Balaban J connectivity index is 1.18. The zero-order chi connectivity index (χ0) is 23.2. The van der Waals surface area contributed by atoms with Crippen LogP contribution < -0.4 is 4.74 Å². The third-order valence-electron chi connectivity index (χ3n) is 8.27. The van der Waals surface area contributed by atoms with E-state index in [1.807, 2.05) is 0 Å². The second kappa shape index (κ2) is 11.8. The smallest absolute Gasteiger partial charge is 0.200 e. The summed E-state index contributed by atoms with van der Waals surface area (Å²) in [5.74, 6) is 1.01. The van der Waals surface area contributed by atoms with Crippen LogP contribution in [0.1, 0.15) is 82.6 Å². The fraction of sp³-hybridized carbons (Fsp3) is 0.714. The minimum absolute atomic E-state index is 0.00742. The fourth-order valence-electron chi connectivity index (χ4n) is 6.12. The summed E-state index contributed by atoms with van der Waals surface area (Å²) in [6.07, 6.45) is 13.0. The first kappa shape index (κ1) is 24.7. The number of hydrogen-bond donors (Lipinski definition) is 0. The first-order chi connectivity index (χ1) is 16.1. The maximum atomic E-state index is 14.6. The van der Waals surface area contributed by atoms with E-state index in [1.165, 1.54) is 25.7 Å². The second-order valence-electron chi connectivity index (χ2n) is 10.3. The number of allylic oxidation sites excluding steroid dienone is 1. The molecule has 3 fully saturated rings. The van der Waals surface area contributed by atoms with Crippen LogP contribution in [0.3, 0.4) is 0 Å². The zero-order valence-electron chi connectivity index (χ0n) is 20.1. The molecule has 1 aliphatic heterocycles. The Morgan fingerprint density at radius 1 is 0.939 bits per heavy atom. The fourth-order valence-corrected chi connectivity index (χ4v) is 6.12. The molecule has 4 rings (SSSR count). The van der Waals surface area contributed by atoms with Crippen LogP contribution in [0.15, 0.2) is 24.8 Å². The molecule has 3 nitrogen and oxygen atoms in total. The summed E-state index contributed by atoms with van der Waals surface area (Å²) in [6, 6.07) is 3.29. The van der Waals surface area contributed by atoms with Crippen LogP contribution in [0.25, 0.3) is 0 Å². The number of benzene rings is 1. The van der Waals surface area contributed by atoms with Gasteiger partial charge in [-0.1, -0.05) is 12.1 Å². The van der Waals surface area contributed by atoms with Gasteiger partial charge >= 0.3 is 0 Å². The highest BCUT2D eigenvalue weighted by Crippen LogP contribution is 2.43. The molecule has 1 aromatic rings. The Bertz CT molecular complexity index is 759. The van der Waals surface area contributed by atoms with Crippen molar-refractivity contribution in [3.8, 4) is 5.75 Å². The van der Waals surface area contributed by atoms with E-state index in [-0.39, 0.29) is 18.0 Å². The maximum absolute atomic E-state index is 14.6. The third kappa shape index (κ3) is 6.16. The van der Waals surface area contributed by atoms with Gasteiger partial charge in [0, 0.05) is 0 Å². The molecule has 0 amide bonds. The van der Waals surface area contributed by atoms with Crippen LogP contribution in [-0.4, -0.2) is 26.1 Å². The Hall–Kier alpha value is -1.46. The van der Waals surface area contributed by atoms with Gasteiger partial charge in [-0.3, -0.25) is 0 Å². The zero-order valence-corrected chi connectivity index (χ0v) is 20.1. The van der Waals surface area contributed by atoms with Crippen molar-refractivity contribution in [3.63, 3.8) is 0 Å². The molecule has 0 N–H and O–H groups in total. The predicted molar refractivity (Wildman–Crippen MR) is 126 cm³/mol. The van der Waals surface area contributed by atoms with Crippen molar-refractivity contribution in [2.24, 2.45) is 23.7 Å². The minimum Gasteiger partial charge on any atom is -0.491 e. The normalized spacial score (nSPS) is 32.9. The second-order valence-corrected chi connectivity index (χ2v) is 10.3. The highest BCUT2D eigenvalue weighted by Gasteiger charge is 2.33. The van der Waals surface area contributed by atoms with Gasteiger partial charge in [-0.2, -0.15) is 4.39 Å². The molecule has 2 aliphatic carbocycles. The van der Waals surface area contributed by atoms with E-state index < -0.39 is 11.6 Å². The standard InChI is InChI=1S/C28H40F2O3/c1-3-19-5-7-20(8-6-19)17-32-26-16-13-23(18-33-26)21-9-11-22(12-10-21)24-14-15-25(31-4-2)28(30)27(24)29/h3,14-15,19-23,26H,1,4-13,16-18H2,2H3. The van der Waals surface area contributed by atoms with Gasteiger partial charge in [0.2, 0.25) is 5.82 Å². The van der Waals surface area contributed by atoms with E-state index >= 15 is 0 Å². The maximum Gasteiger partial charge on any atom is 0.200 e.